The van der Waals surface area contributed by atoms with Crippen LogP contribution in [0.25, 0.3) is 0 Å². The predicted octanol–water partition coefficient (Wildman–Crippen LogP) is 7.46. The van der Waals surface area contributed by atoms with E-state index in [2.05, 4.69) is 0 Å². The van der Waals surface area contributed by atoms with E-state index in [1.54, 1.807) is 6.07 Å². The quantitative estimate of drug-likeness (QED) is 0.495. The van der Waals surface area contributed by atoms with Gasteiger partial charge in [0.25, 0.3) is 0 Å². The van der Waals surface area contributed by atoms with Crippen LogP contribution in [0, 0.1) is 6.92 Å². The molecule has 0 saturated carbocycles. The minimum Gasteiger partial charge on any atom is -0.457 e. The molecule has 0 aliphatic rings. The van der Waals surface area contributed by atoms with E-state index in [0.717, 1.165) is 17.1 Å². The van der Waals surface area contributed by atoms with Gasteiger partial charge in [0.05, 0.1) is 0 Å². The predicted molar refractivity (Wildman–Crippen MR) is 113 cm³/mol. The van der Waals surface area contributed by atoms with Crippen molar-refractivity contribution < 1.29 is 10.9 Å². The zero-order chi connectivity index (χ0) is 19.4. The molecule has 0 aliphatic carbocycles. The van der Waals surface area contributed by atoms with Gasteiger partial charge in [-0.2, -0.15) is 0 Å². The smallest absolute Gasteiger partial charge is 0.131 e. The zero-order valence-corrected chi connectivity index (χ0v) is 16.3. The summed E-state index contributed by atoms with van der Waals surface area (Å²) in [5.41, 5.74) is 7.58. The van der Waals surface area contributed by atoms with Crippen molar-refractivity contribution in [3.63, 3.8) is 0 Å². The molecule has 0 heterocycles. The van der Waals surface area contributed by atoms with Crippen LogP contribution < -0.4 is 15.2 Å². The maximum atomic E-state index is 5.86. The second kappa shape index (κ2) is 11.6. The zero-order valence-electron chi connectivity index (χ0n) is 16.3. The van der Waals surface area contributed by atoms with Crippen molar-refractivity contribution >= 4 is 5.69 Å². The largest absolute Gasteiger partial charge is 0.457 e. The van der Waals surface area contributed by atoms with Crippen LogP contribution in [0.5, 0.6) is 23.0 Å². The Labute approximate surface area is 158 Å². The highest BCUT2D eigenvalue weighted by atomic mass is 16.5. The first-order valence-corrected chi connectivity index (χ1v) is 9.07. The Morgan fingerprint density at radius 1 is 0.615 bits per heavy atom. The number of ether oxygens (including phenoxy) is 2. The molecule has 0 unspecified atom stereocenters. The third-order valence-corrected chi connectivity index (χ3v) is 3.12. The molecule has 0 aromatic heterocycles. The van der Waals surface area contributed by atoms with Crippen LogP contribution in [0.1, 0.15) is 34.7 Å². The van der Waals surface area contributed by atoms with Crippen LogP contribution in [-0.4, -0.2) is 0 Å². The van der Waals surface area contributed by atoms with E-state index >= 15 is 0 Å². The molecule has 3 rings (SSSR count). The van der Waals surface area contributed by atoms with E-state index in [9.17, 15) is 0 Å². The minimum atomic E-state index is 0. The lowest BCUT2D eigenvalue weighted by Crippen LogP contribution is -1.89. The number of hydrogen-bond acceptors (Lipinski definition) is 3. The lowest BCUT2D eigenvalue weighted by atomic mass is 10.2. The van der Waals surface area contributed by atoms with Crippen molar-refractivity contribution in [2.45, 2.75) is 34.6 Å². The van der Waals surface area contributed by atoms with Gasteiger partial charge in [-0.15, -0.1) is 0 Å². The Morgan fingerprint density at radius 3 is 1.54 bits per heavy atom. The molecule has 0 saturated heterocycles. The van der Waals surface area contributed by atoms with Gasteiger partial charge in [0.1, 0.15) is 23.0 Å². The molecule has 0 radical (unpaired) electrons. The summed E-state index contributed by atoms with van der Waals surface area (Å²) in [6.45, 7) is 10.0. The normalized spacial score (nSPS) is 9.12. The third kappa shape index (κ3) is 6.89. The molecule has 0 atom stereocenters. The lowest BCUT2D eigenvalue weighted by molar-refractivity contribution is 0.460. The van der Waals surface area contributed by atoms with Crippen LogP contribution in [0.4, 0.5) is 5.69 Å². The van der Waals surface area contributed by atoms with Crippen LogP contribution >= 0.6 is 0 Å². The fraction of sp³-hybridized carbons (Fsp3) is 0.217. The second-order valence-electron chi connectivity index (χ2n) is 5.07. The molecule has 26 heavy (non-hydrogen) atoms. The van der Waals surface area contributed by atoms with Crippen LogP contribution in [0.2, 0.25) is 0 Å². The molecule has 3 aromatic carbocycles. The van der Waals surface area contributed by atoms with Crippen LogP contribution in [0.3, 0.4) is 0 Å². The number of nitrogen functional groups attached to an aromatic ring is 1. The van der Waals surface area contributed by atoms with Gasteiger partial charge in [-0.05, 0) is 48.9 Å². The molecule has 0 amide bonds. The Morgan fingerprint density at radius 2 is 1.04 bits per heavy atom. The molecule has 3 nitrogen and oxygen atoms in total. The Hall–Kier alpha value is -2.94. The van der Waals surface area contributed by atoms with E-state index in [0.29, 0.717) is 17.2 Å². The Balaban J connectivity index is 0.00000127. The van der Waals surface area contributed by atoms with E-state index in [1.807, 2.05) is 101 Å². The van der Waals surface area contributed by atoms with E-state index < -0.39 is 0 Å². The third-order valence-electron chi connectivity index (χ3n) is 3.12. The molecule has 3 aromatic rings. The van der Waals surface area contributed by atoms with Crippen molar-refractivity contribution in [1.29, 1.82) is 0 Å². The molecule has 0 fully saturated rings. The van der Waals surface area contributed by atoms with Gasteiger partial charge in [0, 0.05) is 19.2 Å². The average Bonchev–Trinajstić information content (AvgIpc) is 2.65. The molecular formula is C23H31NO2. The number of anilines is 1. The fourth-order valence-electron chi connectivity index (χ4n) is 2.13. The fourth-order valence-corrected chi connectivity index (χ4v) is 2.13. The van der Waals surface area contributed by atoms with Gasteiger partial charge in [-0.25, -0.2) is 0 Å². The second-order valence-corrected chi connectivity index (χ2v) is 5.07. The van der Waals surface area contributed by atoms with Crippen LogP contribution in [0.15, 0.2) is 72.8 Å². The summed E-state index contributed by atoms with van der Waals surface area (Å²) in [6, 6.07) is 22.8. The number of rotatable bonds is 4. The molecule has 0 spiro atoms. The summed E-state index contributed by atoms with van der Waals surface area (Å²) in [4.78, 5) is 0. The summed E-state index contributed by atoms with van der Waals surface area (Å²) in [7, 11) is 0. The number of hydrogen-bond donors (Lipinski definition) is 1. The van der Waals surface area contributed by atoms with Gasteiger partial charge < -0.3 is 15.2 Å². The monoisotopic (exact) mass is 353 g/mol. The van der Waals surface area contributed by atoms with E-state index in [1.165, 1.54) is 0 Å². The molecule has 0 aliphatic heterocycles. The van der Waals surface area contributed by atoms with Gasteiger partial charge in [0.15, 0.2) is 0 Å². The van der Waals surface area contributed by atoms with Crippen molar-refractivity contribution in [1.82, 2.24) is 0 Å². The maximum absolute atomic E-state index is 5.86. The maximum Gasteiger partial charge on any atom is 0.131 e. The highest BCUT2D eigenvalue weighted by Gasteiger charge is 2.02. The number of nitrogens with two attached hydrogens (primary N) is 1. The van der Waals surface area contributed by atoms with E-state index in [-0.39, 0.29) is 1.43 Å². The van der Waals surface area contributed by atoms with Crippen molar-refractivity contribution in [3.05, 3.63) is 78.4 Å². The topological polar surface area (TPSA) is 44.5 Å². The first-order valence-electron chi connectivity index (χ1n) is 9.07. The summed E-state index contributed by atoms with van der Waals surface area (Å²) < 4.78 is 11.7. The van der Waals surface area contributed by atoms with E-state index in [4.69, 9.17) is 15.2 Å². The van der Waals surface area contributed by atoms with Crippen LogP contribution in [-0.2, 0) is 0 Å². The Kier molecular flexibility index (Phi) is 9.40. The highest BCUT2D eigenvalue weighted by molar-refractivity contribution is 5.46. The average molecular weight is 354 g/mol. The number of benzene rings is 3. The lowest BCUT2D eigenvalue weighted by Gasteiger charge is -2.10. The van der Waals surface area contributed by atoms with Crippen molar-refractivity contribution in [3.8, 4) is 23.0 Å². The summed E-state index contributed by atoms with van der Waals surface area (Å²) in [6.07, 6.45) is 0. The summed E-state index contributed by atoms with van der Waals surface area (Å²) in [5.74, 6) is 2.94. The van der Waals surface area contributed by atoms with Gasteiger partial charge in [-0.3, -0.25) is 0 Å². The van der Waals surface area contributed by atoms with Crippen molar-refractivity contribution in [2.24, 2.45) is 0 Å². The van der Waals surface area contributed by atoms with Gasteiger partial charge in [0.2, 0.25) is 0 Å². The van der Waals surface area contributed by atoms with Gasteiger partial charge in [-0.1, -0.05) is 52.0 Å². The molecule has 3 heteroatoms. The summed E-state index contributed by atoms with van der Waals surface area (Å²) in [5, 5.41) is 0. The van der Waals surface area contributed by atoms with Gasteiger partial charge >= 0.3 is 0 Å². The number of aryl methyl sites for hydroxylation is 1. The highest BCUT2D eigenvalue weighted by Crippen LogP contribution is 2.29. The SMILES string of the molecule is CC.CC.Cc1cccc(Oc2cccc(Oc3cccc(N)c3)c2)c1.[HH]. The summed E-state index contributed by atoms with van der Waals surface area (Å²) >= 11 is 0. The molecule has 0 bridgehead atoms. The standard InChI is InChI=1S/C19H17NO2.2C2H6.H2/c1-14-5-2-7-16(11-14)21-18-9-4-10-19(13-18)22-17-8-3-6-15(20)12-17;2*1-2;/h2-13H,20H2,1H3;2*1-2H3;1H. The van der Waals surface area contributed by atoms with Crippen molar-refractivity contribution in [2.75, 3.05) is 5.73 Å². The minimum absolute atomic E-state index is 0. The first kappa shape index (κ1) is 21.1. The molecule has 2 N–H and O–H groups in total. The first-order chi connectivity index (χ1) is 12.7. The molecule has 140 valence electrons. The molecular weight excluding hydrogens is 322 g/mol. The Bertz CT molecular complexity index is 728.